The lowest BCUT2D eigenvalue weighted by molar-refractivity contribution is 0.150. The average molecular weight is 371 g/mol. The van der Waals surface area contributed by atoms with Gasteiger partial charge in [-0.15, -0.1) is 0 Å². The number of hydrogen-bond acceptors (Lipinski definition) is 2. The van der Waals surface area contributed by atoms with Crippen molar-refractivity contribution < 1.29 is 9.13 Å². The Labute approximate surface area is 136 Å². The average Bonchev–Trinajstić information content (AvgIpc) is 2.46. The molecule has 0 fully saturated rings. The summed E-state index contributed by atoms with van der Waals surface area (Å²) in [5, 5.41) is 3.66. The van der Waals surface area contributed by atoms with Crippen LogP contribution in [0.25, 0.3) is 0 Å². The Balaban J connectivity index is 1.98. The van der Waals surface area contributed by atoms with Gasteiger partial charge >= 0.3 is 0 Å². The van der Waals surface area contributed by atoms with Crippen LogP contribution >= 0.6 is 27.5 Å². The van der Waals surface area contributed by atoms with Crippen molar-refractivity contribution in [1.29, 1.82) is 0 Å². The summed E-state index contributed by atoms with van der Waals surface area (Å²) in [6.45, 7) is 0. The molecule has 2 atom stereocenters. The maximum atomic E-state index is 14.1. The zero-order valence-corrected chi connectivity index (χ0v) is 13.7. The van der Waals surface area contributed by atoms with E-state index in [1.54, 1.807) is 12.1 Å². The first-order chi connectivity index (χ1) is 10.1. The highest BCUT2D eigenvalue weighted by molar-refractivity contribution is 9.10. The normalized spacial score (nSPS) is 20.8. The molecule has 1 N–H and O–H groups in total. The number of halogens is 3. The highest BCUT2D eigenvalue weighted by Gasteiger charge is 2.30. The van der Waals surface area contributed by atoms with E-state index in [2.05, 4.69) is 21.2 Å². The second-order valence-electron chi connectivity index (χ2n) is 5.03. The third kappa shape index (κ3) is 2.93. The molecule has 0 saturated heterocycles. The molecule has 0 aromatic heterocycles. The monoisotopic (exact) mass is 369 g/mol. The predicted octanol–water partition coefficient (Wildman–Crippen LogP) is 5.03. The van der Waals surface area contributed by atoms with Crippen LogP contribution in [0.3, 0.4) is 0 Å². The highest BCUT2D eigenvalue weighted by atomic mass is 79.9. The molecule has 0 spiro atoms. The van der Waals surface area contributed by atoms with Crippen molar-refractivity contribution in [2.45, 2.75) is 18.6 Å². The van der Waals surface area contributed by atoms with Crippen molar-refractivity contribution in [3.05, 3.63) is 62.8 Å². The van der Waals surface area contributed by atoms with Crippen molar-refractivity contribution in [3.63, 3.8) is 0 Å². The van der Waals surface area contributed by atoms with Crippen LogP contribution < -0.4 is 10.1 Å². The van der Waals surface area contributed by atoms with Crippen molar-refractivity contribution >= 4 is 27.5 Å². The maximum Gasteiger partial charge on any atom is 0.131 e. The Morgan fingerprint density at radius 2 is 2.05 bits per heavy atom. The van der Waals surface area contributed by atoms with Crippen LogP contribution in [0.4, 0.5) is 4.39 Å². The quantitative estimate of drug-likeness (QED) is 0.801. The van der Waals surface area contributed by atoms with Crippen molar-refractivity contribution in [3.8, 4) is 5.75 Å². The van der Waals surface area contributed by atoms with Gasteiger partial charge in [0, 0.05) is 33.1 Å². The van der Waals surface area contributed by atoms with Gasteiger partial charge in [0.1, 0.15) is 17.7 Å². The third-order valence-electron chi connectivity index (χ3n) is 3.72. The summed E-state index contributed by atoms with van der Waals surface area (Å²) < 4.78 is 21.1. The summed E-state index contributed by atoms with van der Waals surface area (Å²) in [4.78, 5) is 0. The summed E-state index contributed by atoms with van der Waals surface area (Å²) in [5.41, 5.74) is 1.62. The largest absolute Gasteiger partial charge is 0.485 e. The highest BCUT2D eigenvalue weighted by Crippen LogP contribution is 2.42. The van der Waals surface area contributed by atoms with Gasteiger partial charge < -0.3 is 10.1 Å². The number of rotatable bonds is 2. The van der Waals surface area contributed by atoms with E-state index < -0.39 is 0 Å². The van der Waals surface area contributed by atoms with Gasteiger partial charge in [-0.05, 0) is 37.4 Å². The lowest BCUT2D eigenvalue weighted by Gasteiger charge is -2.32. The Kier molecular flexibility index (Phi) is 4.20. The Bertz CT molecular complexity index is 679. The molecule has 0 aliphatic carbocycles. The summed E-state index contributed by atoms with van der Waals surface area (Å²) in [6.07, 6.45) is 0.340. The van der Waals surface area contributed by atoms with Crippen LogP contribution in [-0.2, 0) is 0 Å². The number of benzene rings is 2. The number of nitrogens with one attached hydrogen (secondary N) is 1. The molecule has 1 aliphatic rings. The molecule has 0 saturated carbocycles. The second kappa shape index (κ2) is 5.95. The Morgan fingerprint density at radius 1 is 1.24 bits per heavy atom. The molecule has 2 aromatic carbocycles. The molecule has 1 heterocycles. The molecular formula is C16H14BrClFNO. The Morgan fingerprint density at radius 3 is 2.76 bits per heavy atom. The van der Waals surface area contributed by atoms with Gasteiger partial charge in [-0.25, -0.2) is 4.39 Å². The van der Waals surface area contributed by atoms with Crippen LogP contribution in [0.1, 0.15) is 29.7 Å². The van der Waals surface area contributed by atoms with Crippen LogP contribution in [-0.4, -0.2) is 7.05 Å². The van der Waals surface area contributed by atoms with Crippen LogP contribution in [0.2, 0.25) is 5.02 Å². The minimum atomic E-state index is -0.331. The maximum absolute atomic E-state index is 14.1. The molecule has 1 aliphatic heterocycles. The molecule has 2 aromatic rings. The van der Waals surface area contributed by atoms with Gasteiger partial charge in [0.2, 0.25) is 0 Å². The fourth-order valence-electron chi connectivity index (χ4n) is 2.67. The fourth-order valence-corrected chi connectivity index (χ4v) is 3.21. The van der Waals surface area contributed by atoms with E-state index >= 15 is 0 Å². The number of ether oxygens (including phenoxy) is 1. The van der Waals surface area contributed by atoms with E-state index in [0.29, 0.717) is 17.0 Å². The molecule has 21 heavy (non-hydrogen) atoms. The number of fused-ring (bicyclic) bond motifs is 1. The van der Waals surface area contributed by atoms with Crippen LogP contribution in [0, 0.1) is 5.82 Å². The molecule has 0 radical (unpaired) electrons. The van der Waals surface area contributed by atoms with E-state index in [9.17, 15) is 4.39 Å². The lowest BCUT2D eigenvalue weighted by atomic mass is 9.93. The molecule has 0 amide bonds. The minimum absolute atomic E-state index is 0.117. The molecular weight excluding hydrogens is 357 g/mol. The number of hydrogen-bond donors (Lipinski definition) is 1. The van der Waals surface area contributed by atoms with E-state index in [-0.39, 0.29) is 18.0 Å². The molecule has 0 bridgehead atoms. The summed E-state index contributed by atoms with van der Waals surface area (Å²) in [7, 11) is 1.90. The SMILES string of the molecule is CNC1CC(c2ccc(Cl)cc2F)Oc2ccc(Br)cc21. The topological polar surface area (TPSA) is 21.3 Å². The Hall–Kier alpha value is -1.10. The molecule has 2 unspecified atom stereocenters. The van der Waals surface area contributed by atoms with Gasteiger partial charge in [-0.3, -0.25) is 0 Å². The van der Waals surface area contributed by atoms with E-state index in [1.807, 2.05) is 25.2 Å². The summed E-state index contributed by atoms with van der Waals surface area (Å²) in [5.74, 6) is 0.450. The zero-order valence-electron chi connectivity index (χ0n) is 11.4. The minimum Gasteiger partial charge on any atom is -0.485 e. The third-order valence-corrected chi connectivity index (χ3v) is 4.45. The first kappa shape index (κ1) is 14.8. The second-order valence-corrected chi connectivity index (χ2v) is 6.38. The standard InChI is InChI=1S/C16H14BrClFNO/c1-20-14-8-16(11-4-3-10(18)7-13(11)19)21-15-5-2-9(17)6-12(14)15/h2-7,14,16,20H,8H2,1H3. The van der Waals surface area contributed by atoms with E-state index in [0.717, 1.165) is 15.8 Å². The van der Waals surface area contributed by atoms with Crippen LogP contribution in [0.5, 0.6) is 5.75 Å². The molecule has 3 rings (SSSR count). The fraction of sp³-hybridized carbons (Fsp3) is 0.250. The van der Waals surface area contributed by atoms with Gasteiger partial charge in [0.05, 0.1) is 0 Å². The van der Waals surface area contributed by atoms with Crippen molar-refractivity contribution in [2.75, 3.05) is 7.05 Å². The first-order valence-electron chi connectivity index (χ1n) is 6.67. The summed E-state index contributed by atoms with van der Waals surface area (Å²) >= 11 is 9.28. The van der Waals surface area contributed by atoms with E-state index in [1.165, 1.54) is 6.07 Å². The van der Waals surface area contributed by atoms with Crippen molar-refractivity contribution in [1.82, 2.24) is 5.32 Å². The van der Waals surface area contributed by atoms with Gasteiger partial charge in [0.15, 0.2) is 0 Å². The molecule has 5 heteroatoms. The van der Waals surface area contributed by atoms with Gasteiger partial charge in [-0.1, -0.05) is 33.6 Å². The van der Waals surface area contributed by atoms with E-state index in [4.69, 9.17) is 16.3 Å². The van der Waals surface area contributed by atoms with Crippen molar-refractivity contribution in [2.24, 2.45) is 0 Å². The smallest absolute Gasteiger partial charge is 0.131 e. The molecule has 2 nitrogen and oxygen atoms in total. The van der Waals surface area contributed by atoms with Gasteiger partial charge in [0.25, 0.3) is 0 Å². The van der Waals surface area contributed by atoms with Crippen LogP contribution in [0.15, 0.2) is 40.9 Å². The molecule has 110 valence electrons. The predicted molar refractivity (Wildman–Crippen MR) is 85.3 cm³/mol. The lowest BCUT2D eigenvalue weighted by Crippen LogP contribution is -2.27. The zero-order chi connectivity index (χ0) is 15.0. The van der Waals surface area contributed by atoms with Gasteiger partial charge in [-0.2, -0.15) is 0 Å². The first-order valence-corrected chi connectivity index (χ1v) is 7.84. The summed E-state index contributed by atoms with van der Waals surface area (Å²) in [6, 6.07) is 10.7.